The van der Waals surface area contributed by atoms with E-state index in [0.29, 0.717) is 12.5 Å². The predicted molar refractivity (Wildman–Crippen MR) is 67.1 cm³/mol. The number of rotatable bonds is 2. The highest BCUT2D eigenvalue weighted by Gasteiger charge is 2.74. The normalized spacial score (nSPS) is 47.4. The van der Waals surface area contributed by atoms with Crippen molar-refractivity contribution in [2.24, 2.45) is 0 Å². The van der Waals surface area contributed by atoms with Gasteiger partial charge in [0.1, 0.15) is 0 Å². The molecule has 0 aliphatic carbocycles. The summed E-state index contributed by atoms with van der Waals surface area (Å²) in [5.41, 5.74) is 0. The van der Waals surface area contributed by atoms with E-state index >= 15 is 0 Å². The monoisotopic (exact) mass is 248 g/mol. The molecule has 4 rings (SSSR count). The third-order valence-electron chi connectivity index (χ3n) is 5.76. The Morgan fingerprint density at radius 3 is 2.83 bits per heavy atom. The molecule has 18 heavy (non-hydrogen) atoms. The lowest BCUT2D eigenvalue weighted by atomic mass is 10.1. The summed E-state index contributed by atoms with van der Waals surface area (Å²) in [5.74, 6) is 0.181. The minimum absolute atomic E-state index is 0.181. The number of hydrogen-bond acceptors (Lipinski definition) is 4. The van der Waals surface area contributed by atoms with E-state index in [2.05, 4.69) is 27.8 Å². The fourth-order valence-electron chi connectivity index (χ4n) is 5.06. The van der Waals surface area contributed by atoms with Gasteiger partial charge < -0.3 is 0 Å². The van der Waals surface area contributed by atoms with E-state index < -0.39 is 0 Å². The fraction of sp³-hybridized carbons (Fsp3) is 0.923. The number of nitriles is 1. The van der Waals surface area contributed by atoms with Crippen molar-refractivity contribution in [1.82, 2.24) is 14.7 Å². The molecule has 4 fully saturated rings. The van der Waals surface area contributed by atoms with Crippen molar-refractivity contribution >= 4 is 0 Å². The molecule has 4 heterocycles. The first-order valence-corrected chi connectivity index (χ1v) is 7.21. The van der Waals surface area contributed by atoms with E-state index in [1.807, 2.05) is 0 Å². The maximum absolute atomic E-state index is 8.84. The van der Waals surface area contributed by atoms with Gasteiger partial charge in [-0.3, -0.25) is 4.48 Å². The highest BCUT2D eigenvalue weighted by molar-refractivity contribution is 5.05. The Labute approximate surface area is 109 Å². The topological polar surface area (TPSA) is 33.5 Å². The molecular formula is C13H22N5+. The summed E-state index contributed by atoms with van der Waals surface area (Å²) in [6, 6.07) is 2.92. The van der Waals surface area contributed by atoms with Crippen molar-refractivity contribution in [3.8, 4) is 6.07 Å². The minimum Gasteiger partial charge on any atom is -0.279 e. The molecule has 0 aromatic carbocycles. The van der Waals surface area contributed by atoms with Gasteiger partial charge in [-0.1, -0.05) is 0 Å². The van der Waals surface area contributed by atoms with Crippen LogP contribution in [0.25, 0.3) is 0 Å². The van der Waals surface area contributed by atoms with Gasteiger partial charge in [0, 0.05) is 32.1 Å². The van der Waals surface area contributed by atoms with E-state index in [-0.39, 0.29) is 5.91 Å². The van der Waals surface area contributed by atoms with Gasteiger partial charge in [-0.05, 0) is 6.42 Å². The molecule has 0 bridgehead atoms. The first kappa shape index (κ1) is 11.2. The molecule has 5 heteroatoms. The van der Waals surface area contributed by atoms with Crippen LogP contribution >= 0.6 is 0 Å². The second-order valence-corrected chi connectivity index (χ2v) is 6.42. The maximum Gasteiger partial charge on any atom is 0.280 e. The predicted octanol–water partition coefficient (Wildman–Crippen LogP) is -0.323. The second-order valence-electron chi connectivity index (χ2n) is 6.42. The van der Waals surface area contributed by atoms with Gasteiger partial charge in [-0.25, -0.2) is 14.7 Å². The summed E-state index contributed by atoms with van der Waals surface area (Å²) in [6.45, 7) is 8.64. The van der Waals surface area contributed by atoms with Gasteiger partial charge >= 0.3 is 0 Å². The summed E-state index contributed by atoms with van der Waals surface area (Å²) >= 11 is 0. The summed E-state index contributed by atoms with van der Waals surface area (Å²) < 4.78 is 1.19. The first-order valence-electron chi connectivity index (χ1n) is 7.21. The fourth-order valence-corrected chi connectivity index (χ4v) is 5.06. The van der Waals surface area contributed by atoms with E-state index in [1.165, 1.54) is 50.3 Å². The van der Waals surface area contributed by atoms with Crippen LogP contribution in [-0.4, -0.2) is 84.0 Å². The number of nitrogens with zero attached hydrogens (tertiary/aromatic N) is 5. The SMILES string of the molecule is C[N@@+]12CCN3CCN4CC(CCC#N)N(CC1)C342. The zero-order valence-corrected chi connectivity index (χ0v) is 11.2. The molecule has 2 unspecified atom stereocenters. The highest BCUT2D eigenvalue weighted by Crippen LogP contribution is 2.51. The van der Waals surface area contributed by atoms with Crippen LogP contribution in [-0.2, 0) is 0 Å². The molecule has 4 saturated heterocycles. The molecule has 98 valence electrons. The molecule has 0 N–H and O–H groups in total. The lowest BCUT2D eigenvalue weighted by Gasteiger charge is -2.43. The standard InChI is InChI=1S/C13H22N5/c1-18-9-7-15-5-6-16-11-12(3-2-4-14)17(8-10-18)13(15,16)18/h12H,2-3,5-11H2,1H3/q+1/t12?,13?,18-/m1/s1. The minimum atomic E-state index is 0.181. The number of hydrogen-bond donors (Lipinski definition) is 0. The van der Waals surface area contributed by atoms with Gasteiger partial charge in [0.25, 0.3) is 5.91 Å². The van der Waals surface area contributed by atoms with Crippen molar-refractivity contribution in [3.05, 3.63) is 0 Å². The molecule has 0 aromatic heterocycles. The smallest absolute Gasteiger partial charge is 0.279 e. The molecule has 0 aromatic rings. The van der Waals surface area contributed by atoms with Crippen molar-refractivity contribution < 1.29 is 4.48 Å². The van der Waals surface area contributed by atoms with Gasteiger partial charge in [-0.15, -0.1) is 0 Å². The lowest BCUT2D eigenvalue weighted by Crippen LogP contribution is -2.67. The van der Waals surface area contributed by atoms with Crippen LogP contribution in [0.5, 0.6) is 0 Å². The molecule has 0 saturated carbocycles. The van der Waals surface area contributed by atoms with Crippen molar-refractivity contribution in [2.45, 2.75) is 24.8 Å². The van der Waals surface area contributed by atoms with Crippen LogP contribution in [0, 0.1) is 11.3 Å². The molecule has 5 nitrogen and oxygen atoms in total. The summed E-state index contributed by atoms with van der Waals surface area (Å²) in [5, 5.41) is 8.84. The third-order valence-corrected chi connectivity index (χ3v) is 5.76. The zero-order chi connectivity index (χ0) is 12.4. The van der Waals surface area contributed by atoms with Gasteiger partial charge in [0.2, 0.25) is 0 Å². The second kappa shape index (κ2) is 3.45. The van der Waals surface area contributed by atoms with Gasteiger partial charge in [-0.2, -0.15) is 5.26 Å². The lowest BCUT2D eigenvalue weighted by molar-refractivity contribution is -0.957. The van der Waals surface area contributed by atoms with E-state index in [1.54, 1.807) is 0 Å². The van der Waals surface area contributed by atoms with Crippen LogP contribution < -0.4 is 0 Å². The molecule has 4 aliphatic heterocycles. The molecular weight excluding hydrogens is 226 g/mol. The number of likely N-dealkylation sites (N-methyl/N-ethyl adjacent to an activating group) is 1. The van der Waals surface area contributed by atoms with Gasteiger partial charge in [0.05, 0.1) is 39.3 Å². The van der Waals surface area contributed by atoms with Crippen molar-refractivity contribution in [1.29, 1.82) is 5.26 Å². The Morgan fingerprint density at radius 1 is 1.22 bits per heavy atom. The molecule has 3 atom stereocenters. The van der Waals surface area contributed by atoms with Crippen molar-refractivity contribution in [2.75, 3.05) is 52.9 Å². The Hall–Kier alpha value is -0.670. The maximum atomic E-state index is 8.84. The van der Waals surface area contributed by atoms with E-state index in [9.17, 15) is 0 Å². The molecule has 0 amide bonds. The average Bonchev–Trinajstić information content (AvgIpc) is 2.99. The largest absolute Gasteiger partial charge is 0.280 e. The summed E-state index contributed by atoms with van der Waals surface area (Å²) in [4.78, 5) is 8.13. The Morgan fingerprint density at radius 2 is 2.00 bits per heavy atom. The Balaban J connectivity index is 1.71. The van der Waals surface area contributed by atoms with E-state index in [4.69, 9.17) is 5.26 Å². The van der Waals surface area contributed by atoms with Crippen molar-refractivity contribution in [3.63, 3.8) is 0 Å². The van der Waals surface area contributed by atoms with Crippen LogP contribution in [0.1, 0.15) is 12.8 Å². The third kappa shape index (κ3) is 1.03. The van der Waals surface area contributed by atoms with Crippen LogP contribution in [0.3, 0.4) is 0 Å². The van der Waals surface area contributed by atoms with E-state index in [0.717, 1.165) is 6.42 Å². The number of quaternary nitrogens is 1. The summed E-state index contributed by atoms with van der Waals surface area (Å²) in [6.07, 6.45) is 1.75. The Kier molecular flexibility index (Phi) is 2.15. The highest BCUT2D eigenvalue weighted by atomic mass is 15.9. The van der Waals surface area contributed by atoms with Crippen LogP contribution in [0.2, 0.25) is 0 Å². The molecule has 4 aliphatic rings. The van der Waals surface area contributed by atoms with Crippen LogP contribution in [0.4, 0.5) is 0 Å². The molecule has 0 radical (unpaired) electrons. The summed E-state index contributed by atoms with van der Waals surface area (Å²) in [7, 11) is 2.44. The quantitative estimate of drug-likeness (QED) is 0.627. The molecule has 1 spiro atoms. The van der Waals surface area contributed by atoms with Gasteiger partial charge in [0.15, 0.2) is 0 Å². The Bertz CT molecular complexity index is 418. The first-order chi connectivity index (χ1) is 8.72. The van der Waals surface area contributed by atoms with Crippen LogP contribution in [0.15, 0.2) is 0 Å². The average molecular weight is 248 g/mol. The zero-order valence-electron chi connectivity index (χ0n) is 11.2.